The molecule has 3 heteroatoms. The van der Waals surface area contributed by atoms with Crippen molar-refractivity contribution in [2.45, 2.75) is 6.92 Å². The average Bonchev–Trinajstić information content (AvgIpc) is 1.68. The first-order valence-corrected chi connectivity index (χ1v) is 3.49. The van der Waals surface area contributed by atoms with E-state index in [2.05, 4.69) is 4.74 Å². The fraction of sp³-hybridized carbons (Fsp3) is 0.400. The average molecular weight is 226 g/mol. The molecule has 0 aliphatic carbocycles. The SMILES string of the molecule is CCOC(=O)C=CI. The summed E-state index contributed by atoms with van der Waals surface area (Å²) in [5, 5.41) is 0. The van der Waals surface area contributed by atoms with E-state index in [9.17, 15) is 4.79 Å². The molecular formula is C5H7IO2. The summed E-state index contributed by atoms with van der Waals surface area (Å²) in [4.78, 5) is 10.3. The van der Waals surface area contributed by atoms with Crippen LogP contribution in [-0.4, -0.2) is 12.6 Å². The fourth-order valence-corrected chi connectivity index (χ4v) is 0.535. The van der Waals surface area contributed by atoms with E-state index in [0.717, 1.165) is 0 Å². The zero-order valence-corrected chi connectivity index (χ0v) is 6.71. The third kappa shape index (κ3) is 4.11. The maximum atomic E-state index is 10.3. The van der Waals surface area contributed by atoms with Crippen molar-refractivity contribution < 1.29 is 9.53 Å². The molecule has 0 aliphatic rings. The Morgan fingerprint density at radius 2 is 2.50 bits per heavy atom. The third-order valence-corrected chi connectivity index (χ3v) is 0.845. The summed E-state index contributed by atoms with van der Waals surface area (Å²) in [6.07, 6.45) is 1.38. The minimum absolute atomic E-state index is 0.276. The highest BCUT2D eigenvalue weighted by molar-refractivity contribution is 14.1. The van der Waals surface area contributed by atoms with E-state index in [1.807, 2.05) is 22.6 Å². The van der Waals surface area contributed by atoms with Gasteiger partial charge in [0, 0.05) is 6.08 Å². The van der Waals surface area contributed by atoms with E-state index in [4.69, 9.17) is 0 Å². The lowest BCUT2D eigenvalue weighted by molar-refractivity contribution is -0.137. The molecule has 0 unspecified atom stereocenters. The zero-order chi connectivity index (χ0) is 6.41. The summed E-state index contributed by atoms with van der Waals surface area (Å²) in [6.45, 7) is 2.22. The van der Waals surface area contributed by atoms with E-state index in [1.165, 1.54) is 6.08 Å². The highest BCUT2D eigenvalue weighted by atomic mass is 127. The van der Waals surface area contributed by atoms with Crippen molar-refractivity contribution in [1.29, 1.82) is 0 Å². The van der Waals surface area contributed by atoms with Gasteiger partial charge in [-0.25, -0.2) is 4.79 Å². The number of carbonyl (C=O) groups is 1. The molecule has 8 heavy (non-hydrogen) atoms. The second-order valence-electron chi connectivity index (χ2n) is 1.04. The second kappa shape index (κ2) is 5.08. The second-order valence-corrected chi connectivity index (χ2v) is 1.76. The van der Waals surface area contributed by atoms with Crippen LogP contribution in [0, 0.1) is 0 Å². The summed E-state index contributed by atoms with van der Waals surface area (Å²) in [5.41, 5.74) is 0. The summed E-state index contributed by atoms with van der Waals surface area (Å²) >= 11 is 1.96. The van der Waals surface area contributed by atoms with Crippen LogP contribution in [0.1, 0.15) is 6.92 Å². The first-order valence-electron chi connectivity index (χ1n) is 2.24. The van der Waals surface area contributed by atoms with E-state index >= 15 is 0 Å². The Kier molecular flexibility index (Phi) is 5.05. The van der Waals surface area contributed by atoms with Gasteiger partial charge in [0.25, 0.3) is 0 Å². The molecule has 0 saturated heterocycles. The molecule has 0 aromatic rings. The Labute approximate surface area is 62.0 Å². The lowest BCUT2D eigenvalue weighted by Crippen LogP contribution is -1.97. The van der Waals surface area contributed by atoms with Crippen molar-refractivity contribution in [3.8, 4) is 0 Å². The Morgan fingerprint density at radius 1 is 1.88 bits per heavy atom. The predicted octanol–water partition coefficient (Wildman–Crippen LogP) is 1.50. The van der Waals surface area contributed by atoms with Gasteiger partial charge < -0.3 is 4.74 Å². The van der Waals surface area contributed by atoms with Crippen molar-refractivity contribution in [3.05, 3.63) is 10.2 Å². The van der Waals surface area contributed by atoms with Crippen LogP contribution in [0.15, 0.2) is 10.2 Å². The van der Waals surface area contributed by atoms with E-state index < -0.39 is 0 Å². The van der Waals surface area contributed by atoms with Gasteiger partial charge in [0.05, 0.1) is 6.61 Å². The Morgan fingerprint density at radius 3 is 2.88 bits per heavy atom. The molecule has 0 heterocycles. The number of hydrogen-bond donors (Lipinski definition) is 0. The van der Waals surface area contributed by atoms with Crippen LogP contribution in [0.4, 0.5) is 0 Å². The number of halogens is 1. The molecule has 0 N–H and O–H groups in total. The highest BCUT2D eigenvalue weighted by Gasteiger charge is 1.88. The van der Waals surface area contributed by atoms with Crippen molar-refractivity contribution in [2.24, 2.45) is 0 Å². The van der Waals surface area contributed by atoms with E-state index in [1.54, 1.807) is 11.0 Å². The molecule has 0 radical (unpaired) electrons. The number of esters is 1. The van der Waals surface area contributed by atoms with Crippen LogP contribution in [0.5, 0.6) is 0 Å². The molecule has 0 atom stereocenters. The lowest BCUT2D eigenvalue weighted by atomic mass is 10.6. The molecule has 0 aliphatic heterocycles. The number of carbonyl (C=O) groups excluding carboxylic acids is 1. The summed E-state index contributed by atoms with van der Waals surface area (Å²) in [7, 11) is 0. The van der Waals surface area contributed by atoms with Gasteiger partial charge in [-0.05, 0) is 11.0 Å². The monoisotopic (exact) mass is 226 g/mol. The molecule has 0 fully saturated rings. The minimum Gasteiger partial charge on any atom is -0.463 e. The molecule has 0 spiro atoms. The van der Waals surface area contributed by atoms with E-state index in [0.29, 0.717) is 6.61 Å². The molecule has 0 aromatic heterocycles. The Hall–Kier alpha value is -0.0600. The van der Waals surface area contributed by atoms with Crippen molar-refractivity contribution >= 4 is 28.6 Å². The molecular weight excluding hydrogens is 219 g/mol. The van der Waals surface area contributed by atoms with E-state index in [-0.39, 0.29) is 5.97 Å². The van der Waals surface area contributed by atoms with Gasteiger partial charge in [0.2, 0.25) is 0 Å². The van der Waals surface area contributed by atoms with Gasteiger partial charge in [-0.15, -0.1) is 0 Å². The largest absolute Gasteiger partial charge is 0.463 e. The summed E-state index contributed by atoms with van der Waals surface area (Å²) in [5.74, 6) is -0.276. The normalized spacial score (nSPS) is 9.75. The highest BCUT2D eigenvalue weighted by Crippen LogP contribution is 1.85. The summed E-state index contributed by atoms with van der Waals surface area (Å²) < 4.78 is 6.17. The standard InChI is InChI=1S/C5H7IO2/c1-2-8-5(7)3-4-6/h3-4H,2H2,1H3. The molecule has 0 rings (SSSR count). The van der Waals surface area contributed by atoms with Crippen molar-refractivity contribution in [1.82, 2.24) is 0 Å². The van der Waals surface area contributed by atoms with Gasteiger partial charge in [-0.2, -0.15) is 0 Å². The fourth-order valence-electron chi connectivity index (χ4n) is 0.242. The minimum atomic E-state index is -0.276. The zero-order valence-electron chi connectivity index (χ0n) is 4.56. The Balaban J connectivity index is 3.33. The topological polar surface area (TPSA) is 26.3 Å². The molecule has 0 saturated carbocycles. The molecule has 2 nitrogen and oxygen atoms in total. The Bertz CT molecular complexity index is 98.6. The molecule has 46 valence electrons. The molecule has 0 aromatic carbocycles. The van der Waals surface area contributed by atoms with Crippen LogP contribution < -0.4 is 0 Å². The first kappa shape index (κ1) is 7.94. The van der Waals surface area contributed by atoms with Crippen molar-refractivity contribution in [2.75, 3.05) is 6.61 Å². The number of hydrogen-bond acceptors (Lipinski definition) is 2. The maximum absolute atomic E-state index is 10.3. The third-order valence-electron chi connectivity index (χ3n) is 0.486. The van der Waals surface area contributed by atoms with Gasteiger partial charge >= 0.3 is 5.97 Å². The maximum Gasteiger partial charge on any atom is 0.331 e. The van der Waals surface area contributed by atoms with Gasteiger partial charge in [0.1, 0.15) is 0 Å². The van der Waals surface area contributed by atoms with Crippen LogP contribution in [-0.2, 0) is 9.53 Å². The van der Waals surface area contributed by atoms with Crippen molar-refractivity contribution in [3.63, 3.8) is 0 Å². The first-order chi connectivity index (χ1) is 3.81. The number of rotatable bonds is 2. The number of ether oxygens (including phenoxy) is 1. The summed E-state index contributed by atoms with van der Waals surface area (Å²) in [6, 6.07) is 0. The van der Waals surface area contributed by atoms with Gasteiger partial charge in [-0.3, -0.25) is 0 Å². The molecule has 0 bridgehead atoms. The van der Waals surface area contributed by atoms with Crippen LogP contribution >= 0.6 is 22.6 Å². The quantitative estimate of drug-likeness (QED) is 0.405. The van der Waals surface area contributed by atoms with Gasteiger partial charge in [0.15, 0.2) is 0 Å². The van der Waals surface area contributed by atoms with Crippen LogP contribution in [0.25, 0.3) is 0 Å². The molecule has 0 amide bonds. The lowest BCUT2D eigenvalue weighted by Gasteiger charge is -1.91. The smallest absolute Gasteiger partial charge is 0.331 e. The predicted molar refractivity (Wildman–Crippen MR) is 39.8 cm³/mol. The van der Waals surface area contributed by atoms with Gasteiger partial charge in [-0.1, -0.05) is 22.6 Å². The van der Waals surface area contributed by atoms with Crippen LogP contribution in [0.3, 0.4) is 0 Å². The van der Waals surface area contributed by atoms with Crippen LogP contribution in [0.2, 0.25) is 0 Å².